The van der Waals surface area contributed by atoms with Crippen LogP contribution in [0, 0.1) is 5.82 Å². The highest BCUT2D eigenvalue weighted by Gasteiger charge is 2.23. The van der Waals surface area contributed by atoms with Crippen LogP contribution in [-0.4, -0.2) is 33.0 Å². The van der Waals surface area contributed by atoms with Gasteiger partial charge in [-0.05, 0) is 38.5 Å². The number of hydrogen-bond acceptors (Lipinski definition) is 3. The highest BCUT2D eigenvalue weighted by molar-refractivity contribution is 5.94. The molecule has 6 heteroatoms. The van der Waals surface area contributed by atoms with Gasteiger partial charge in [-0.15, -0.1) is 0 Å². The number of imidazole rings is 1. The fourth-order valence-electron chi connectivity index (χ4n) is 2.86. The lowest BCUT2D eigenvalue weighted by Gasteiger charge is -2.21. The van der Waals surface area contributed by atoms with Crippen molar-refractivity contribution in [1.82, 2.24) is 14.5 Å². The largest absolute Gasteiger partial charge is 0.372 e. The van der Waals surface area contributed by atoms with E-state index in [-0.39, 0.29) is 12.0 Å². The van der Waals surface area contributed by atoms with E-state index in [1.165, 1.54) is 12.1 Å². The van der Waals surface area contributed by atoms with Crippen LogP contribution in [0.2, 0.25) is 0 Å². The molecule has 0 fully saturated rings. The third-order valence-corrected chi connectivity index (χ3v) is 4.11. The Bertz CT molecular complexity index is 727. The summed E-state index contributed by atoms with van der Waals surface area (Å²) in [5.74, 6) is -0.549. The fourth-order valence-corrected chi connectivity index (χ4v) is 2.86. The van der Waals surface area contributed by atoms with Crippen molar-refractivity contribution < 1.29 is 13.9 Å². The van der Waals surface area contributed by atoms with Gasteiger partial charge < -0.3 is 14.2 Å². The Kier molecular flexibility index (Phi) is 4.94. The Morgan fingerprint density at radius 2 is 2.21 bits per heavy atom. The van der Waals surface area contributed by atoms with Crippen LogP contribution in [0.3, 0.4) is 0 Å². The molecule has 1 aromatic heterocycles. The highest BCUT2D eigenvalue weighted by atomic mass is 19.1. The van der Waals surface area contributed by atoms with E-state index in [1.807, 2.05) is 20.2 Å². The Hall–Kier alpha value is -2.21. The van der Waals surface area contributed by atoms with Crippen LogP contribution in [-0.2, 0) is 24.4 Å². The maximum atomic E-state index is 13.4. The molecule has 0 atom stereocenters. The van der Waals surface area contributed by atoms with Crippen molar-refractivity contribution in [2.75, 3.05) is 6.54 Å². The maximum absolute atomic E-state index is 13.4. The van der Waals surface area contributed by atoms with Crippen LogP contribution in [0.25, 0.3) is 0 Å². The van der Waals surface area contributed by atoms with Gasteiger partial charge in [0.25, 0.3) is 5.91 Å². The van der Waals surface area contributed by atoms with Crippen molar-refractivity contribution in [2.45, 2.75) is 46.1 Å². The third-order valence-electron chi connectivity index (χ3n) is 4.11. The molecule has 0 radical (unpaired) electrons. The lowest BCUT2D eigenvalue weighted by molar-refractivity contribution is 0.0620. The highest BCUT2D eigenvalue weighted by Crippen LogP contribution is 2.19. The number of hydrogen-bond donors (Lipinski definition) is 0. The summed E-state index contributed by atoms with van der Waals surface area (Å²) < 4.78 is 21.1. The minimum atomic E-state index is -0.397. The molecule has 0 unspecified atom stereocenters. The molecule has 24 heavy (non-hydrogen) atoms. The lowest BCUT2D eigenvalue weighted by atomic mass is 10.2. The molecule has 0 bridgehead atoms. The Labute approximate surface area is 141 Å². The summed E-state index contributed by atoms with van der Waals surface area (Å²) in [5.41, 5.74) is 2.24. The van der Waals surface area contributed by atoms with Crippen LogP contribution in [0.15, 0.2) is 30.6 Å². The minimum absolute atomic E-state index is 0.123. The van der Waals surface area contributed by atoms with E-state index in [4.69, 9.17) is 4.74 Å². The molecule has 0 N–H and O–H groups in total. The Balaban J connectivity index is 1.81. The van der Waals surface area contributed by atoms with Crippen LogP contribution < -0.4 is 0 Å². The minimum Gasteiger partial charge on any atom is -0.372 e. The first-order chi connectivity index (χ1) is 11.5. The van der Waals surface area contributed by atoms with E-state index >= 15 is 0 Å². The Morgan fingerprint density at radius 3 is 2.96 bits per heavy atom. The van der Waals surface area contributed by atoms with Gasteiger partial charge in [0, 0.05) is 18.7 Å². The normalized spacial score (nSPS) is 14.6. The second-order valence-corrected chi connectivity index (χ2v) is 6.28. The average molecular weight is 331 g/mol. The number of carbonyl (C=O) groups is 1. The first-order valence-electron chi connectivity index (χ1n) is 8.24. The van der Waals surface area contributed by atoms with Gasteiger partial charge in [-0.25, -0.2) is 9.37 Å². The number of aryl methyl sites for hydroxylation is 1. The van der Waals surface area contributed by atoms with Gasteiger partial charge in [-0.1, -0.05) is 6.07 Å². The summed E-state index contributed by atoms with van der Waals surface area (Å²) >= 11 is 0. The number of amides is 1. The fraction of sp³-hybridized carbons (Fsp3) is 0.444. The summed E-state index contributed by atoms with van der Waals surface area (Å²) in [6, 6.07) is 5.84. The van der Waals surface area contributed by atoms with Gasteiger partial charge in [-0.2, -0.15) is 0 Å². The zero-order valence-electron chi connectivity index (χ0n) is 14.0. The summed E-state index contributed by atoms with van der Waals surface area (Å²) in [6.07, 6.45) is 2.78. The van der Waals surface area contributed by atoms with E-state index in [0.717, 1.165) is 24.4 Å². The number of ether oxygens (including phenoxy) is 1. The monoisotopic (exact) mass is 331 g/mol. The number of carbonyl (C=O) groups excluding carboxylic acids is 1. The van der Waals surface area contributed by atoms with Gasteiger partial charge in [0.1, 0.15) is 5.82 Å². The second kappa shape index (κ2) is 7.13. The molecule has 1 aliphatic rings. The molecule has 0 saturated carbocycles. The SMILES string of the molecule is CC(C)OCc1ncn2c1CN(C(=O)c1cccc(F)c1)CCC2. The number of benzene rings is 1. The smallest absolute Gasteiger partial charge is 0.254 e. The zero-order valence-corrected chi connectivity index (χ0v) is 14.0. The first-order valence-corrected chi connectivity index (χ1v) is 8.24. The number of aromatic nitrogens is 2. The predicted octanol–water partition coefficient (Wildman–Crippen LogP) is 2.99. The molecule has 5 nitrogen and oxygen atoms in total. The van der Waals surface area contributed by atoms with Crippen LogP contribution in [0.5, 0.6) is 0 Å². The van der Waals surface area contributed by atoms with Gasteiger partial charge >= 0.3 is 0 Å². The molecule has 0 aliphatic carbocycles. The zero-order chi connectivity index (χ0) is 17.1. The molecule has 1 amide bonds. The van der Waals surface area contributed by atoms with Gasteiger partial charge in [0.2, 0.25) is 0 Å². The van der Waals surface area contributed by atoms with Crippen molar-refractivity contribution in [2.24, 2.45) is 0 Å². The Morgan fingerprint density at radius 1 is 1.38 bits per heavy atom. The average Bonchev–Trinajstić information content (AvgIpc) is 2.80. The van der Waals surface area contributed by atoms with E-state index in [2.05, 4.69) is 9.55 Å². The van der Waals surface area contributed by atoms with Gasteiger partial charge in [0.15, 0.2) is 0 Å². The van der Waals surface area contributed by atoms with Crippen molar-refractivity contribution in [3.05, 3.63) is 53.4 Å². The quantitative estimate of drug-likeness (QED) is 0.865. The topological polar surface area (TPSA) is 47.4 Å². The molecule has 1 aliphatic heterocycles. The molecule has 0 saturated heterocycles. The van der Waals surface area contributed by atoms with E-state index in [9.17, 15) is 9.18 Å². The molecule has 3 rings (SSSR count). The van der Waals surface area contributed by atoms with E-state index in [1.54, 1.807) is 17.0 Å². The third kappa shape index (κ3) is 3.64. The molecular formula is C18H22FN3O2. The summed E-state index contributed by atoms with van der Waals surface area (Å²) in [6.45, 7) is 6.32. The number of rotatable bonds is 4. The molecule has 0 spiro atoms. The summed E-state index contributed by atoms with van der Waals surface area (Å²) in [7, 11) is 0. The lowest BCUT2D eigenvalue weighted by Crippen LogP contribution is -2.31. The molecule has 128 valence electrons. The first kappa shape index (κ1) is 16.6. The summed E-state index contributed by atoms with van der Waals surface area (Å²) in [4.78, 5) is 18.9. The molecule has 1 aromatic carbocycles. The van der Waals surface area contributed by atoms with Crippen molar-refractivity contribution in [3.63, 3.8) is 0 Å². The van der Waals surface area contributed by atoms with Crippen LogP contribution in [0.1, 0.15) is 42.0 Å². The molecule has 2 aromatic rings. The van der Waals surface area contributed by atoms with Crippen LogP contribution >= 0.6 is 0 Å². The maximum Gasteiger partial charge on any atom is 0.254 e. The van der Waals surface area contributed by atoms with Crippen molar-refractivity contribution in [1.29, 1.82) is 0 Å². The van der Waals surface area contributed by atoms with Crippen molar-refractivity contribution >= 4 is 5.91 Å². The summed E-state index contributed by atoms with van der Waals surface area (Å²) in [5, 5.41) is 0. The molecular weight excluding hydrogens is 309 g/mol. The van der Waals surface area contributed by atoms with Crippen LogP contribution in [0.4, 0.5) is 4.39 Å². The predicted molar refractivity (Wildman–Crippen MR) is 87.9 cm³/mol. The van der Waals surface area contributed by atoms with E-state index in [0.29, 0.717) is 25.3 Å². The molecule has 2 heterocycles. The van der Waals surface area contributed by atoms with E-state index < -0.39 is 5.82 Å². The number of nitrogens with zero attached hydrogens (tertiary/aromatic N) is 3. The van der Waals surface area contributed by atoms with Gasteiger partial charge in [0.05, 0.1) is 37.0 Å². The standard InChI is InChI=1S/C18H22FN3O2/c1-13(2)24-11-16-17-10-21(7-4-8-22(17)12-20-16)18(23)14-5-3-6-15(19)9-14/h3,5-6,9,12-13H,4,7-8,10-11H2,1-2H3. The number of fused-ring (bicyclic) bond motifs is 1. The van der Waals surface area contributed by atoms with Crippen molar-refractivity contribution in [3.8, 4) is 0 Å². The number of halogens is 1. The van der Waals surface area contributed by atoms with Gasteiger partial charge in [-0.3, -0.25) is 4.79 Å². The second-order valence-electron chi connectivity index (χ2n) is 6.28.